The maximum absolute atomic E-state index is 11.0. The molecule has 6 N–H and O–H groups in total. The minimum absolute atomic E-state index is 0.499. The number of hydrogen-bond donors (Lipinski definition) is 6. The van der Waals surface area contributed by atoms with Crippen molar-refractivity contribution in [2.75, 3.05) is 0 Å². The van der Waals surface area contributed by atoms with Crippen LogP contribution in [0.25, 0.3) is 0 Å². The third-order valence-electron chi connectivity index (χ3n) is 2.77. The highest BCUT2D eigenvalue weighted by atomic mass is 16.5. The predicted molar refractivity (Wildman–Crippen MR) is 63.5 cm³/mol. The molecular formula is C12H16O7. The molecule has 0 fully saturated rings. The Labute approximate surface area is 109 Å². The van der Waals surface area contributed by atoms with Crippen LogP contribution in [0.3, 0.4) is 0 Å². The zero-order chi connectivity index (χ0) is 15.0. The van der Waals surface area contributed by atoms with Gasteiger partial charge in [0.1, 0.15) is 28.6 Å². The number of aliphatic hydroxyl groups is 3. The molecule has 0 saturated carbocycles. The van der Waals surface area contributed by atoms with Crippen LogP contribution < -0.4 is 0 Å². The van der Waals surface area contributed by atoms with E-state index in [0.717, 1.165) is 26.0 Å². The largest absolute Gasteiger partial charge is 0.508 e. The third-order valence-corrected chi connectivity index (χ3v) is 2.77. The Kier molecular flexibility index (Phi) is 3.76. The highest BCUT2D eigenvalue weighted by molar-refractivity contribution is 5.76. The normalized spacial score (nSPS) is 15.0. The van der Waals surface area contributed by atoms with E-state index in [1.165, 1.54) is 0 Å². The monoisotopic (exact) mass is 272 g/mol. The lowest BCUT2D eigenvalue weighted by Crippen LogP contribution is -2.50. The zero-order valence-electron chi connectivity index (χ0n) is 10.5. The number of phenolic OH excluding ortho intramolecular Hbond substituents is 3. The lowest BCUT2D eigenvalue weighted by Gasteiger charge is -2.36. The molecule has 0 aliphatic carbocycles. The van der Waals surface area contributed by atoms with E-state index in [9.17, 15) is 30.3 Å². The molecule has 1 aromatic rings. The molecule has 19 heavy (non-hydrogen) atoms. The Morgan fingerprint density at radius 3 is 1.89 bits per heavy atom. The van der Waals surface area contributed by atoms with Gasteiger partial charge in [-0.15, -0.1) is 0 Å². The Balaban J connectivity index is 3.38. The fourth-order valence-electron chi connectivity index (χ4n) is 1.83. The van der Waals surface area contributed by atoms with Crippen molar-refractivity contribution in [3.63, 3.8) is 0 Å². The van der Waals surface area contributed by atoms with Crippen molar-refractivity contribution in [2.45, 2.75) is 31.7 Å². The molecule has 106 valence electrons. The number of phenols is 3. The maximum atomic E-state index is 11.0. The maximum Gasteiger partial charge on any atom is 0.227 e. The summed E-state index contributed by atoms with van der Waals surface area (Å²) in [4.78, 5) is 11.0. The predicted octanol–water partition coefficient (Wildman–Crippen LogP) is -0.329. The molecule has 1 unspecified atom stereocenters. The lowest BCUT2D eigenvalue weighted by atomic mass is 9.84. The summed E-state index contributed by atoms with van der Waals surface area (Å²) in [6.07, 6.45) is -0.611. The topological polar surface area (TPSA) is 138 Å². The van der Waals surface area contributed by atoms with Gasteiger partial charge < -0.3 is 30.6 Å². The van der Waals surface area contributed by atoms with Gasteiger partial charge in [0.25, 0.3) is 0 Å². The molecule has 0 spiro atoms. The fraction of sp³-hybridized carbons (Fsp3) is 0.417. The second-order valence-electron chi connectivity index (χ2n) is 4.68. The van der Waals surface area contributed by atoms with Gasteiger partial charge in [0.15, 0.2) is 0 Å². The SMILES string of the molecule is CC(=O)CC(C)(O)C(O)(O)c1c(O)cc(O)cc1O. The Morgan fingerprint density at radius 2 is 1.53 bits per heavy atom. The van der Waals surface area contributed by atoms with Gasteiger partial charge in [0.05, 0.1) is 5.56 Å². The number of carbonyl (C=O) groups excluding carboxylic acids is 1. The first-order chi connectivity index (χ1) is 8.49. The summed E-state index contributed by atoms with van der Waals surface area (Å²) in [5.41, 5.74) is -3.14. The summed E-state index contributed by atoms with van der Waals surface area (Å²) in [6.45, 7) is 2.11. The molecule has 7 nitrogen and oxygen atoms in total. The molecule has 0 aromatic heterocycles. The van der Waals surface area contributed by atoms with Crippen LogP contribution in [0.2, 0.25) is 0 Å². The summed E-state index contributed by atoms with van der Waals surface area (Å²) in [7, 11) is 0. The number of hydrogen-bond acceptors (Lipinski definition) is 7. The van der Waals surface area contributed by atoms with E-state index in [4.69, 9.17) is 5.11 Å². The third kappa shape index (κ3) is 2.78. The molecular weight excluding hydrogens is 256 g/mol. The van der Waals surface area contributed by atoms with Crippen molar-refractivity contribution >= 4 is 5.78 Å². The first-order valence-corrected chi connectivity index (χ1v) is 5.41. The van der Waals surface area contributed by atoms with Crippen LogP contribution >= 0.6 is 0 Å². The van der Waals surface area contributed by atoms with Crippen molar-refractivity contribution in [3.8, 4) is 17.2 Å². The van der Waals surface area contributed by atoms with Crippen LogP contribution in [0.4, 0.5) is 0 Å². The van der Waals surface area contributed by atoms with Crippen LogP contribution in [-0.4, -0.2) is 42.0 Å². The second kappa shape index (κ2) is 4.69. The molecule has 1 rings (SSSR count). The number of benzene rings is 1. The quantitative estimate of drug-likeness (QED) is 0.412. The fourth-order valence-corrected chi connectivity index (χ4v) is 1.83. The van der Waals surface area contributed by atoms with Crippen molar-refractivity contribution in [3.05, 3.63) is 17.7 Å². The van der Waals surface area contributed by atoms with Gasteiger partial charge in [-0.1, -0.05) is 0 Å². The Morgan fingerprint density at radius 1 is 1.11 bits per heavy atom. The van der Waals surface area contributed by atoms with Crippen molar-refractivity contribution in [1.82, 2.24) is 0 Å². The summed E-state index contributed by atoms with van der Waals surface area (Å²) in [6, 6.07) is 1.53. The molecule has 7 heteroatoms. The molecule has 0 amide bonds. The van der Waals surface area contributed by atoms with Gasteiger partial charge in [-0.3, -0.25) is 4.79 Å². The van der Waals surface area contributed by atoms with Crippen LogP contribution in [0.5, 0.6) is 17.2 Å². The molecule has 1 atom stereocenters. The number of aromatic hydroxyl groups is 3. The molecule has 0 heterocycles. The summed E-state index contributed by atoms with van der Waals surface area (Å²) in [5.74, 6) is -5.76. The first-order valence-electron chi connectivity index (χ1n) is 5.41. The van der Waals surface area contributed by atoms with Crippen molar-refractivity contribution in [2.24, 2.45) is 0 Å². The van der Waals surface area contributed by atoms with E-state index >= 15 is 0 Å². The van der Waals surface area contributed by atoms with Gasteiger partial charge in [-0.2, -0.15) is 0 Å². The second-order valence-corrected chi connectivity index (χ2v) is 4.68. The number of carbonyl (C=O) groups is 1. The average molecular weight is 272 g/mol. The smallest absolute Gasteiger partial charge is 0.227 e. The van der Waals surface area contributed by atoms with Gasteiger partial charge in [-0.05, 0) is 13.8 Å². The highest BCUT2D eigenvalue weighted by Gasteiger charge is 2.49. The van der Waals surface area contributed by atoms with E-state index in [1.807, 2.05) is 0 Å². The van der Waals surface area contributed by atoms with Gasteiger partial charge >= 0.3 is 0 Å². The minimum Gasteiger partial charge on any atom is -0.508 e. The van der Waals surface area contributed by atoms with Crippen molar-refractivity contribution in [1.29, 1.82) is 0 Å². The molecule has 1 aromatic carbocycles. The zero-order valence-corrected chi connectivity index (χ0v) is 10.5. The number of ketones is 1. The van der Waals surface area contributed by atoms with Crippen LogP contribution in [-0.2, 0) is 10.6 Å². The van der Waals surface area contributed by atoms with Crippen LogP contribution in [0, 0.1) is 0 Å². The van der Waals surface area contributed by atoms with Gasteiger partial charge in [0.2, 0.25) is 5.79 Å². The van der Waals surface area contributed by atoms with E-state index in [-0.39, 0.29) is 0 Å². The molecule has 0 saturated heterocycles. The summed E-state index contributed by atoms with van der Waals surface area (Å²) >= 11 is 0. The van der Waals surface area contributed by atoms with E-state index in [2.05, 4.69) is 0 Å². The van der Waals surface area contributed by atoms with Gasteiger partial charge in [-0.25, -0.2) is 0 Å². The average Bonchev–Trinajstić information content (AvgIpc) is 2.11. The van der Waals surface area contributed by atoms with Gasteiger partial charge in [0, 0.05) is 18.6 Å². The summed E-state index contributed by atoms with van der Waals surface area (Å²) in [5, 5.41) is 58.2. The van der Waals surface area contributed by atoms with Crippen molar-refractivity contribution < 1.29 is 35.4 Å². The molecule has 0 aliphatic rings. The first kappa shape index (κ1) is 15.2. The molecule has 0 aliphatic heterocycles. The Bertz CT molecular complexity index is 482. The van der Waals surface area contributed by atoms with E-state index in [1.54, 1.807) is 0 Å². The van der Waals surface area contributed by atoms with E-state index in [0.29, 0.717) is 0 Å². The summed E-state index contributed by atoms with van der Waals surface area (Å²) < 4.78 is 0. The molecule has 0 radical (unpaired) electrons. The highest BCUT2D eigenvalue weighted by Crippen LogP contribution is 2.44. The lowest BCUT2D eigenvalue weighted by molar-refractivity contribution is -0.279. The minimum atomic E-state index is -3.08. The number of Topliss-reactive ketones (excluding diaryl/α,β-unsaturated/α-hetero) is 1. The van der Waals surface area contributed by atoms with E-state index < -0.39 is 46.4 Å². The van der Waals surface area contributed by atoms with Crippen LogP contribution in [0.15, 0.2) is 12.1 Å². The number of rotatable bonds is 4. The van der Waals surface area contributed by atoms with Crippen LogP contribution in [0.1, 0.15) is 25.8 Å². The standard InChI is InChI=1S/C12H16O7/c1-6(13)5-11(2,17)12(18,19)10-8(15)3-7(14)4-9(10)16/h3-4,14-19H,5H2,1-2H3. The molecule has 0 bridgehead atoms. The Hall–Kier alpha value is -1.83.